The van der Waals surface area contributed by atoms with E-state index in [0.29, 0.717) is 5.92 Å². The predicted octanol–water partition coefficient (Wildman–Crippen LogP) is 2.89. The highest BCUT2D eigenvalue weighted by atomic mass is 16.5. The molecule has 2 aliphatic rings. The van der Waals surface area contributed by atoms with E-state index in [1.807, 2.05) is 0 Å². The summed E-state index contributed by atoms with van der Waals surface area (Å²) in [5.74, 6) is 0.772. The molecule has 0 spiro atoms. The van der Waals surface area contributed by atoms with Crippen molar-refractivity contribution in [3.05, 3.63) is 0 Å². The Labute approximate surface area is 111 Å². The molecule has 0 aromatic carbocycles. The zero-order valence-electron chi connectivity index (χ0n) is 11.8. The molecule has 1 N–H and O–H groups in total. The molecule has 0 amide bonds. The van der Waals surface area contributed by atoms with E-state index in [0.717, 1.165) is 45.2 Å². The third kappa shape index (κ3) is 3.05. The van der Waals surface area contributed by atoms with E-state index in [2.05, 4.69) is 19.2 Å². The second-order valence-corrected chi connectivity index (χ2v) is 6.26. The van der Waals surface area contributed by atoms with E-state index in [1.54, 1.807) is 0 Å². The number of carbonyl (C=O) groups is 1. The van der Waals surface area contributed by atoms with Gasteiger partial charge in [-0.1, -0.05) is 26.7 Å². The van der Waals surface area contributed by atoms with E-state index in [4.69, 9.17) is 4.74 Å². The molecule has 1 heterocycles. The van der Waals surface area contributed by atoms with Crippen LogP contribution in [0.4, 0.5) is 0 Å². The Morgan fingerprint density at radius 3 is 2.89 bits per heavy atom. The maximum Gasteiger partial charge on any atom is 0.313 e. The number of carbonyl (C=O) groups excluding carboxylic acids is 1. The van der Waals surface area contributed by atoms with Crippen LogP contribution in [0.5, 0.6) is 0 Å². The van der Waals surface area contributed by atoms with Crippen LogP contribution in [0, 0.1) is 11.3 Å². The predicted molar refractivity (Wildman–Crippen MR) is 72.3 cm³/mol. The standard InChI is InChI=1S/C15H27NO2/c1-3-7-15(8-9-16-11-15)14(17)18-13-6-4-5-12(2)10-13/h12-13,16H,3-11H2,1-2H3. The van der Waals surface area contributed by atoms with Gasteiger partial charge in [0.15, 0.2) is 0 Å². The molecule has 3 atom stereocenters. The summed E-state index contributed by atoms with van der Waals surface area (Å²) >= 11 is 0. The van der Waals surface area contributed by atoms with Crippen molar-refractivity contribution >= 4 is 5.97 Å². The minimum Gasteiger partial charge on any atom is -0.462 e. The molecule has 1 saturated carbocycles. The number of esters is 1. The number of nitrogens with one attached hydrogen (secondary N) is 1. The van der Waals surface area contributed by atoms with Crippen LogP contribution in [-0.4, -0.2) is 25.2 Å². The van der Waals surface area contributed by atoms with Crippen molar-refractivity contribution in [1.82, 2.24) is 5.32 Å². The molecule has 2 fully saturated rings. The largest absolute Gasteiger partial charge is 0.462 e. The quantitative estimate of drug-likeness (QED) is 0.783. The fourth-order valence-corrected chi connectivity index (χ4v) is 3.47. The zero-order valence-corrected chi connectivity index (χ0v) is 11.8. The molecule has 1 saturated heterocycles. The maximum absolute atomic E-state index is 12.5. The first-order valence-electron chi connectivity index (χ1n) is 7.58. The van der Waals surface area contributed by atoms with Crippen LogP contribution in [0.15, 0.2) is 0 Å². The molecule has 2 rings (SSSR count). The van der Waals surface area contributed by atoms with E-state index in [9.17, 15) is 4.79 Å². The Hall–Kier alpha value is -0.570. The number of rotatable bonds is 4. The summed E-state index contributed by atoms with van der Waals surface area (Å²) in [5, 5.41) is 3.32. The molecular formula is C15H27NO2. The highest BCUT2D eigenvalue weighted by molar-refractivity contribution is 5.77. The Morgan fingerprint density at radius 1 is 1.44 bits per heavy atom. The van der Waals surface area contributed by atoms with Gasteiger partial charge in [0.05, 0.1) is 5.41 Å². The Balaban J connectivity index is 1.92. The van der Waals surface area contributed by atoms with Crippen molar-refractivity contribution in [2.45, 2.75) is 64.9 Å². The summed E-state index contributed by atoms with van der Waals surface area (Å²) in [4.78, 5) is 12.5. The number of hydrogen-bond acceptors (Lipinski definition) is 3. The molecule has 3 unspecified atom stereocenters. The fourth-order valence-electron chi connectivity index (χ4n) is 3.47. The third-order valence-corrected chi connectivity index (χ3v) is 4.57. The molecular weight excluding hydrogens is 226 g/mol. The molecule has 0 bridgehead atoms. The summed E-state index contributed by atoms with van der Waals surface area (Å²) in [6.07, 6.45) is 7.75. The summed E-state index contributed by atoms with van der Waals surface area (Å²) < 4.78 is 5.82. The first kappa shape index (κ1) is 13.9. The second kappa shape index (κ2) is 6.05. The lowest BCUT2D eigenvalue weighted by atomic mass is 9.82. The van der Waals surface area contributed by atoms with Crippen molar-refractivity contribution in [1.29, 1.82) is 0 Å². The zero-order chi connectivity index (χ0) is 13.0. The molecule has 0 aromatic rings. The summed E-state index contributed by atoms with van der Waals surface area (Å²) in [5.41, 5.74) is -0.227. The van der Waals surface area contributed by atoms with Crippen LogP contribution < -0.4 is 5.32 Å². The van der Waals surface area contributed by atoms with Crippen LogP contribution >= 0.6 is 0 Å². The van der Waals surface area contributed by atoms with Gasteiger partial charge in [0.1, 0.15) is 6.10 Å². The van der Waals surface area contributed by atoms with Crippen molar-refractivity contribution in [2.24, 2.45) is 11.3 Å². The van der Waals surface area contributed by atoms with Gasteiger partial charge in [-0.15, -0.1) is 0 Å². The average Bonchev–Trinajstić information content (AvgIpc) is 2.79. The lowest BCUT2D eigenvalue weighted by molar-refractivity contribution is -0.163. The minimum atomic E-state index is -0.227. The smallest absolute Gasteiger partial charge is 0.313 e. The first-order chi connectivity index (χ1) is 8.66. The molecule has 1 aliphatic heterocycles. The van der Waals surface area contributed by atoms with Gasteiger partial charge >= 0.3 is 5.97 Å². The first-order valence-corrected chi connectivity index (χ1v) is 7.58. The molecule has 1 aliphatic carbocycles. The topological polar surface area (TPSA) is 38.3 Å². The van der Waals surface area contributed by atoms with Gasteiger partial charge in [-0.05, 0) is 44.6 Å². The SMILES string of the molecule is CCCC1(C(=O)OC2CCCC(C)C2)CCNC1. The molecule has 104 valence electrons. The normalized spacial score (nSPS) is 36.6. The van der Waals surface area contributed by atoms with Gasteiger partial charge in [0, 0.05) is 6.54 Å². The van der Waals surface area contributed by atoms with E-state index in [-0.39, 0.29) is 17.5 Å². The minimum absolute atomic E-state index is 0.0634. The monoisotopic (exact) mass is 253 g/mol. The van der Waals surface area contributed by atoms with Crippen LogP contribution in [0.2, 0.25) is 0 Å². The molecule has 3 heteroatoms. The van der Waals surface area contributed by atoms with Crippen LogP contribution in [0.3, 0.4) is 0 Å². The van der Waals surface area contributed by atoms with Gasteiger partial charge in [0.25, 0.3) is 0 Å². The van der Waals surface area contributed by atoms with Gasteiger partial charge in [-0.3, -0.25) is 4.79 Å². The van der Waals surface area contributed by atoms with E-state index >= 15 is 0 Å². The average molecular weight is 253 g/mol. The molecule has 0 aromatic heterocycles. The van der Waals surface area contributed by atoms with Crippen LogP contribution in [0.1, 0.15) is 58.8 Å². The lowest BCUT2D eigenvalue weighted by Crippen LogP contribution is -2.38. The number of ether oxygens (including phenoxy) is 1. The Kier molecular flexibility index (Phi) is 4.66. The molecule has 18 heavy (non-hydrogen) atoms. The lowest BCUT2D eigenvalue weighted by Gasteiger charge is -2.31. The van der Waals surface area contributed by atoms with Crippen molar-refractivity contribution < 1.29 is 9.53 Å². The Bertz CT molecular complexity index is 284. The van der Waals surface area contributed by atoms with Gasteiger partial charge < -0.3 is 10.1 Å². The highest BCUT2D eigenvalue weighted by Crippen LogP contribution is 2.35. The van der Waals surface area contributed by atoms with Gasteiger partial charge in [0.2, 0.25) is 0 Å². The van der Waals surface area contributed by atoms with Gasteiger partial charge in [-0.25, -0.2) is 0 Å². The van der Waals surface area contributed by atoms with Gasteiger partial charge in [-0.2, -0.15) is 0 Å². The Morgan fingerprint density at radius 2 is 2.28 bits per heavy atom. The highest BCUT2D eigenvalue weighted by Gasteiger charge is 2.42. The van der Waals surface area contributed by atoms with E-state index in [1.165, 1.54) is 12.8 Å². The third-order valence-electron chi connectivity index (χ3n) is 4.57. The number of hydrogen-bond donors (Lipinski definition) is 1. The van der Waals surface area contributed by atoms with Crippen LogP contribution in [-0.2, 0) is 9.53 Å². The van der Waals surface area contributed by atoms with Crippen molar-refractivity contribution in [2.75, 3.05) is 13.1 Å². The van der Waals surface area contributed by atoms with Crippen molar-refractivity contribution in [3.8, 4) is 0 Å². The molecule has 3 nitrogen and oxygen atoms in total. The summed E-state index contributed by atoms with van der Waals surface area (Å²) in [6.45, 7) is 6.17. The summed E-state index contributed by atoms with van der Waals surface area (Å²) in [6, 6.07) is 0. The van der Waals surface area contributed by atoms with Crippen molar-refractivity contribution in [3.63, 3.8) is 0 Å². The van der Waals surface area contributed by atoms with E-state index < -0.39 is 0 Å². The van der Waals surface area contributed by atoms with Crippen LogP contribution in [0.25, 0.3) is 0 Å². The molecule has 0 radical (unpaired) electrons. The fraction of sp³-hybridized carbons (Fsp3) is 0.933. The second-order valence-electron chi connectivity index (χ2n) is 6.26. The maximum atomic E-state index is 12.5. The summed E-state index contributed by atoms with van der Waals surface area (Å²) in [7, 11) is 0.